The van der Waals surface area contributed by atoms with Crippen molar-refractivity contribution >= 4 is 17.9 Å². The monoisotopic (exact) mass is 716 g/mol. The van der Waals surface area contributed by atoms with E-state index in [2.05, 4.69) is 0 Å². The van der Waals surface area contributed by atoms with Crippen molar-refractivity contribution in [1.29, 1.82) is 0 Å². The summed E-state index contributed by atoms with van der Waals surface area (Å²) in [6.45, 7) is 1.52. The van der Waals surface area contributed by atoms with Crippen LogP contribution in [0, 0.1) is 0 Å². The van der Waals surface area contributed by atoms with Crippen LogP contribution in [0.1, 0.15) is 62.1 Å². The molecule has 3 N–H and O–H groups in total. The fourth-order valence-corrected chi connectivity index (χ4v) is 6.29. The number of hydrogen-bond acceptors (Lipinski definition) is 12. The van der Waals surface area contributed by atoms with Gasteiger partial charge in [-0.2, -0.15) is 0 Å². The Morgan fingerprint density at radius 1 is 0.788 bits per heavy atom. The summed E-state index contributed by atoms with van der Waals surface area (Å²) in [5, 5.41) is 30.6. The summed E-state index contributed by atoms with van der Waals surface area (Å²) in [5.41, 5.74) is 0.189. The molecule has 2 aliphatic heterocycles. The lowest BCUT2D eigenvalue weighted by atomic mass is 9.79. The molecule has 2 heterocycles. The Bertz CT molecular complexity index is 1590. The molecule has 1 saturated heterocycles. The third-order valence-electron chi connectivity index (χ3n) is 8.86. The van der Waals surface area contributed by atoms with Crippen molar-refractivity contribution in [2.45, 2.75) is 81.8 Å². The Labute approximate surface area is 302 Å². The number of aromatic hydroxyl groups is 3. The molecule has 2 aliphatic rings. The van der Waals surface area contributed by atoms with Crippen molar-refractivity contribution in [2.24, 2.45) is 0 Å². The highest BCUT2D eigenvalue weighted by atomic mass is 16.7. The van der Waals surface area contributed by atoms with Crippen LogP contribution >= 0.6 is 0 Å². The summed E-state index contributed by atoms with van der Waals surface area (Å²) in [4.78, 5) is 39.5. The number of benzene rings is 3. The quantitative estimate of drug-likeness (QED) is 0.0960. The van der Waals surface area contributed by atoms with Crippen molar-refractivity contribution in [3.8, 4) is 17.2 Å². The number of fused-ring (bicyclic) bond motifs is 1. The van der Waals surface area contributed by atoms with Crippen LogP contribution in [-0.4, -0.2) is 77.7 Å². The molecule has 12 nitrogen and oxygen atoms in total. The molecule has 1 fully saturated rings. The third-order valence-corrected chi connectivity index (χ3v) is 8.86. The first kappa shape index (κ1) is 38.1. The number of methoxy groups -OCH3 is 1. The van der Waals surface area contributed by atoms with E-state index in [0.29, 0.717) is 36.0 Å². The Morgan fingerprint density at radius 2 is 1.27 bits per heavy atom. The lowest BCUT2D eigenvalue weighted by Gasteiger charge is -2.45. The first-order valence-electron chi connectivity index (χ1n) is 17.2. The summed E-state index contributed by atoms with van der Waals surface area (Å²) < 4.78 is 36.8. The summed E-state index contributed by atoms with van der Waals surface area (Å²) in [7, 11) is 1.35. The zero-order valence-electron chi connectivity index (χ0n) is 29.1. The molecule has 0 aliphatic carbocycles. The molecule has 0 saturated carbocycles. The maximum absolute atomic E-state index is 13.3. The summed E-state index contributed by atoms with van der Waals surface area (Å²) in [6, 6.07) is 19.0. The van der Waals surface area contributed by atoms with Gasteiger partial charge in [-0.15, -0.1) is 0 Å². The van der Waals surface area contributed by atoms with E-state index in [0.717, 1.165) is 0 Å². The summed E-state index contributed by atoms with van der Waals surface area (Å²) >= 11 is 0. The molecule has 0 spiro atoms. The van der Waals surface area contributed by atoms with E-state index in [9.17, 15) is 29.7 Å². The largest absolute Gasteiger partial charge is 0.508 e. The van der Waals surface area contributed by atoms with E-state index in [1.807, 2.05) is 19.1 Å². The van der Waals surface area contributed by atoms with Crippen molar-refractivity contribution < 1.29 is 58.1 Å². The fraction of sp³-hybridized carbons (Fsp3) is 0.375. The average molecular weight is 717 g/mol. The number of carbonyl (C=O) groups is 3. The molecule has 3 aromatic carbocycles. The molecule has 12 heteroatoms. The first-order chi connectivity index (χ1) is 25.1. The highest BCUT2D eigenvalue weighted by Gasteiger charge is 2.53. The van der Waals surface area contributed by atoms with E-state index >= 15 is 0 Å². The van der Waals surface area contributed by atoms with Gasteiger partial charge in [0.25, 0.3) is 0 Å². The molecule has 52 heavy (non-hydrogen) atoms. The maximum atomic E-state index is 13.3. The minimum atomic E-state index is -1.47. The van der Waals surface area contributed by atoms with Gasteiger partial charge in [-0.3, -0.25) is 14.4 Å². The summed E-state index contributed by atoms with van der Waals surface area (Å²) in [6.07, 6.45) is 2.14. The van der Waals surface area contributed by atoms with Gasteiger partial charge in [0.2, 0.25) is 0 Å². The molecule has 5 atom stereocenters. The standard InChI is InChI=1S/C40H44O12/c1-3-4-7-10-33(44)50-36-32(49-39(47-2)38-37(36)51-34(45)11-8-5-6-9-12-35(46)52-38)25-48-40(26-13-19-29(41)20-14-26,27-15-21-30(42)22-16-27)28-17-23-31(43)24-18-28/h3-6,13-24,32,36-39,41-43H,7-12,25H2,1-2H3/t32-,36-,37+,38-,39+/m1/s1. The molecule has 0 unspecified atom stereocenters. The molecule has 3 aromatic rings. The molecular weight excluding hydrogens is 672 g/mol. The second-order valence-corrected chi connectivity index (χ2v) is 12.4. The van der Waals surface area contributed by atoms with Crippen LogP contribution in [0.3, 0.4) is 0 Å². The molecule has 0 radical (unpaired) electrons. The average Bonchev–Trinajstić information content (AvgIpc) is 3.13. The molecule has 276 valence electrons. The topological polar surface area (TPSA) is 167 Å². The van der Waals surface area contributed by atoms with Crippen LogP contribution in [0.5, 0.6) is 17.2 Å². The van der Waals surface area contributed by atoms with Crippen LogP contribution in [0.4, 0.5) is 0 Å². The predicted molar refractivity (Wildman–Crippen MR) is 187 cm³/mol. The molecule has 0 amide bonds. The minimum Gasteiger partial charge on any atom is -0.508 e. The van der Waals surface area contributed by atoms with Gasteiger partial charge in [-0.25, -0.2) is 0 Å². The Hall–Kier alpha value is -5.17. The van der Waals surface area contributed by atoms with Crippen molar-refractivity contribution in [1.82, 2.24) is 0 Å². The van der Waals surface area contributed by atoms with E-state index in [1.54, 1.807) is 48.6 Å². The SMILES string of the molecule is CC=CCCC(=O)O[C@H]1[C@@H]2OC(=O)CCC=CCCC(=O)O[C@H]2[C@@H](OC)O[C@@H]1COC(c1ccc(O)cc1)(c1ccc(O)cc1)c1ccc(O)cc1. The number of esters is 3. The van der Waals surface area contributed by atoms with E-state index < -0.39 is 54.2 Å². The smallest absolute Gasteiger partial charge is 0.306 e. The van der Waals surface area contributed by atoms with Crippen LogP contribution in [0.2, 0.25) is 0 Å². The zero-order chi connectivity index (χ0) is 37.1. The number of phenolic OH excluding ortho intramolecular Hbond substituents is 3. The van der Waals surface area contributed by atoms with Gasteiger partial charge in [0.05, 0.1) is 6.61 Å². The molecule has 0 aromatic heterocycles. The number of carbonyl (C=O) groups excluding carboxylic acids is 3. The number of hydrogen-bond donors (Lipinski definition) is 3. The van der Waals surface area contributed by atoms with Crippen LogP contribution < -0.4 is 0 Å². The number of ether oxygens (including phenoxy) is 6. The molecule has 0 bridgehead atoms. The van der Waals surface area contributed by atoms with Gasteiger partial charge < -0.3 is 43.7 Å². The van der Waals surface area contributed by atoms with Crippen molar-refractivity contribution in [3.05, 3.63) is 114 Å². The van der Waals surface area contributed by atoms with Crippen LogP contribution in [-0.2, 0) is 48.4 Å². The Balaban J connectivity index is 1.61. The molecule has 5 rings (SSSR count). The first-order valence-corrected chi connectivity index (χ1v) is 17.2. The van der Waals surface area contributed by atoms with Crippen LogP contribution in [0.15, 0.2) is 97.1 Å². The van der Waals surface area contributed by atoms with Gasteiger partial charge in [-0.1, -0.05) is 60.7 Å². The van der Waals surface area contributed by atoms with E-state index in [4.69, 9.17) is 28.4 Å². The fourth-order valence-electron chi connectivity index (χ4n) is 6.29. The number of allylic oxidation sites excluding steroid dienone is 4. The van der Waals surface area contributed by atoms with Gasteiger partial charge in [-0.05, 0) is 79.3 Å². The lowest BCUT2D eigenvalue weighted by molar-refractivity contribution is -0.306. The maximum Gasteiger partial charge on any atom is 0.306 e. The summed E-state index contributed by atoms with van der Waals surface area (Å²) in [5.74, 6) is -1.76. The van der Waals surface area contributed by atoms with Gasteiger partial charge in [0.15, 0.2) is 24.6 Å². The zero-order valence-corrected chi connectivity index (χ0v) is 29.1. The van der Waals surface area contributed by atoms with Gasteiger partial charge in [0, 0.05) is 26.4 Å². The van der Waals surface area contributed by atoms with Crippen molar-refractivity contribution in [3.63, 3.8) is 0 Å². The predicted octanol–water partition coefficient (Wildman–Crippen LogP) is 5.71. The highest BCUT2D eigenvalue weighted by molar-refractivity contribution is 5.72. The Kier molecular flexibility index (Phi) is 13.1. The number of phenols is 3. The minimum absolute atomic E-state index is 0.0104. The van der Waals surface area contributed by atoms with Crippen molar-refractivity contribution in [2.75, 3.05) is 13.7 Å². The van der Waals surface area contributed by atoms with E-state index in [-0.39, 0.29) is 43.1 Å². The highest BCUT2D eigenvalue weighted by Crippen LogP contribution is 2.43. The normalized spacial score (nSPS) is 22.8. The third kappa shape index (κ3) is 9.19. The second kappa shape index (κ2) is 17.9. The van der Waals surface area contributed by atoms with Gasteiger partial charge in [0.1, 0.15) is 29.0 Å². The molecular formula is C40H44O12. The Morgan fingerprint density at radius 3 is 1.73 bits per heavy atom. The van der Waals surface area contributed by atoms with E-state index in [1.165, 1.54) is 43.5 Å². The lowest BCUT2D eigenvalue weighted by Crippen LogP contribution is -2.63. The van der Waals surface area contributed by atoms with Gasteiger partial charge >= 0.3 is 17.9 Å². The number of rotatable bonds is 11. The van der Waals surface area contributed by atoms with Crippen LogP contribution in [0.25, 0.3) is 0 Å². The second-order valence-electron chi connectivity index (χ2n) is 12.4.